The van der Waals surface area contributed by atoms with Crippen LogP contribution in [0.25, 0.3) is 0 Å². The molecule has 0 unspecified atom stereocenters. The summed E-state index contributed by atoms with van der Waals surface area (Å²) in [6.45, 7) is 10.5. The molecule has 0 saturated carbocycles. The van der Waals surface area contributed by atoms with Crippen molar-refractivity contribution in [2.75, 3.05) is 19.6 Å². The van der Waals surface area contributed by atoms with Crippen LogP contribution < -0.4 is 0 Å². The fourth-order valence-electron chi connectivity index (χ4n) is 2.95. The number of nitrogens with zero attached hydrogens (tertiary/aromatic N) is 1. The van der Waals surface area contributed by atoms with E-state index in [0.29, 0.717) is 0 Å². The van der Waals surface area contributed by atoms with Crippen molar-refractivity contribution in [3.63, 3.8) is 0 Å². The van der Waals surface area contributed by atoms with Crippen molar-refractivity contribution in [3.8, 4) is 0 Å². The quantitative estimate of drug-likeness (QED) is 0.207. The van der Waals surface area contributed by atoms with Crippen LogP contribution in [0.15, 0.2) is 12.2 Å². The summed E-state index contributed by atoms with van der Waals surface area (Å²) in [6, 6.07) is 0. The van der Waals surface area contributed by atoms with Crippen LogP contribution in [0.4, 0.5) is 0 Å². The summed E-state index contributed by atoms with van der Waals surface area (Å²) in [5.74, 6) is 0. The molecule has 0 aliphatic rings. The van der Waals surface area contributed by atoms with Crippen molar-refractivity contribution >= 4 is 0 Å². The lowest BCUT2D eigenvalue weighted by molar-refractivity contribution is 0.295. The zero-order valence-corrected chi connectivity index (χ0v) is 15.9. The number of unbranched alkanes of at least 4 members (excludes halogenated alkanes) is 11. The molecular formula is C21H43N. The number of allylic oxidation sites excluding steroid dienone is 2. The molecule has 0 rings (SSSR count). The van der Waals surface area contributed by atoms with Gasteiger partial charge < -0.3 is 4.90 Å². The van der Waals surface area contributed by atoms with E-state index < -0.39 is 0 Å². The normalized spacial score (nSPS) is 11.8. The Hall–Kier alpha value is -0.300. The zero-order chi connectivity index (χ0) is 16.3. The summed E-state index contributed by atoms with van der Waals surface area (Å²) in [5, 5.41) is 0. The molecule has 0 aromatic rings. The average Bonchev–Trinajstić information content (AvgIpc) is 2.55. The van der Waals surface area contributed by atoms with Crippen LogP contribution in [-0.4, -0.2) is 24.5 Å². The van der Waals surface area contributed by atoms with E-state index >= 15 is 0 Å². The van der Waals surface area contributed by atoms with Crippen LogP contribution in [0.3, 0.4) is 0 Å². The zero-order valence-electron chi connectivity index (χ0n) is 15.9. The second kappa shape index (κ2) is 18.7. The maximum absolute atomic E-state index is 2.54. The van der Waals surface area contributed by atoms with E-state index in [9.17, 15) is 0 Å². The predicted octanol–water partition coefficient (Wildman–Crippen LogP) is 6.98. The Bertz CT molecular complexity index is 218. The highest BCUT2D eigenvalue weighted by molar-refractivity contribution is 4.81. The Balaban J connectivity index is 3.11. The second-order valence-electron chi connectivity index (χ2n) is 6.61. The molecule has 0 atom stereocenters. The molecule has 0 saturated heterocycles. The van der Waals surface area contributed by atoms with Crippen molar-refractivity contribution in [1.29, 1.82) is 0 Å². The first kappa shape index (κ1) is 21.7. The minimum atomic E-state index is 1.21. The summed E-state index contributed by atoms with van der Waals surface area (Å²) in [6.07, 6.45) is 22.9. The molecule has 0 bridgehead atoms. The fraction of sp³-hybridized carbons (Fsp3) is 0.905. The third kappa shape index (κ3) is 16.1. The third-order valence-electron chi connectivity index (χ3n) is 4.63. The molecule has 1 nitrogen and oxygen atoms in total. The highest BCUT2D eigenvalue weighted by atomic mass is 15.1. The van der Waals surface area contributed by atoms with E-state index in [4.69, 9.17) is 0 Å². The predicted molar refractivity (Wildman–Crippen MR) is 103 cm³/mol. The number of hydrogen-bond donors (Lipinski definition) is 0. The molecule has 1 heteroatoms. The van der Waals surface area contributed by atoms with Gasteiger partial charge in [0, 0.05) is 0 Å². The largest absolute Gasteiger partial charge is 0.304 e. The lowest BCUT2D eigenvalue weighted by atomic mass is 10.1. The molecule has 0 heterocycles. The first-order chi connectivity index (χ1) is 10.8. The lowest BCUT2D eigenvalue weighted by Gasteiger charge is -2.17. The summed E-state index contributed by atoms with van der Waals surface area (Å²) < 4.78 is 0. The minimum Gasteiger partial charge on any atom is -0.304 e. The van der Waals surface area contributed by atoms with Crippen molar-refractivity contribution in [3.05, 3.63) is 12.2 Å². The van der Waals surface area contributed by atoms with Crippen molar-refractivity contribution in [1.82, 2.24) is 4.90 Å². The highest BCUT2D eigenvalue weighted by Gasteiger charge is 1.98. The second-order valence-corrected chi connectivity index (χ2v) is 6.61. The van der Waals surface area contributed by atoms with Crippen LogP contribution >= 0.6 is 0 Å². The van der Waals surface area contributed by atoms with Gasteiger partial charge in [-0.2, -0.15) is 0 Å². The van der Waals surface area contributed by atoms with Gasteiger partial charge in [0.1, 0.15) is 0 Å². The first-order valence-corrected chi connectivity index (χ1v) is 10.2. The molecule has 0 aliphatic heterocycles. The Kier molecular flexibility index (Phi) is 18.5. The van der Waals surface area contributed by atoms with Crippen LogP contribution in [0.5, 0.6) is 0 Å². The van der Waals surface area contributed by atoms with Gasteiger partial charge in [-0.15, -0.1) is 0 Å². The minimum absolute atomic E-state index is 1.21. The standard InChI is InChI=1S/C21H43N/c1-4-7-8-9-10-11-12-13-14-15-16-17-18-19-20-21-22(5-2)6-3/h10-11H,4-9,12-21H2,1-3H3/b11-10+. The maximum atomic E-state index is 2.54. The van der Waals surface area contributed by atoms with Gasteiger partial charge in [0.25, 0.3) is 0 Å². The van der Waals surface area contributed by atoms with Gasteiger partial charge in [0.05, 0.1) is 0 Å². The van der Waals surface area contributed by atoms with Crippen LogP contribution in [-0.2, 0) is 0 Å². The van der Waals surface area contributed by atoms with E-state index in [1.165, 1.54) is 103 Å². The van der Waals surface area contributed by atoms with Crippen LogP contribution in [0.1, 0.15) is 104 Å². The highest BCUT2D eigenvalue weighted by Crippen LogP contribution is 2.10. The molecule has 0 aromatic carbocycles. The van der Waals surface area contributed by atoms with Crippen molar-refractivity contribution in [2.45, 2.75) is 104 Å². The topological polar surface area (TPSA) is 3.24 Å². The fourth-order valence-corrected chi connectivity index (χ4v) is 2.95. The molecule has 0 N–H and O–H groups in total. The Labute approximate surface area is 141 Å². The Morgan fingerprint density at radius 3 is 1.50 bits per heavy atom. The first-order valence-electron chi connectivity index (χ1n) is 10.2. The molecule has 0 spiro atoms. The molecule has 0 aromatic heterocycles. The maximum Gasteiger partial charge on any atom is -0.00190 e. The summed E-state index contributed by atoms with van der Waals surface area (Å²) in [4.78, 5) is 2.54. The molecule has 0 aliphatic carbocycles. The van der Waals surface area contributed by atoms with Crippen molar-refractivity contribution < 1.29 is 0 Å². The average molecular weight is 310 g/mol. The van der Waals surface area contributed by atoms with Gasteiger partial charge >= 0.3 is 0 Å². The van der Waals surface area contributed by atoms with Gasteiger partial charge in [-0.3, -0.25) is 0 Å². The molecule has 22 heavy (non-hydrogen) atoms. The van der Waals surface area contributed by atoms with Gasteiger partial charge in [-0.25, -0.2) is 0 Å². The molecule has 0 fully saturated rings. The van der Waals surface area contributed by atoms with E-state index in [-0.39, 0.29) is 0 Å². The molecule has 0 amide bonds. The molecule has 132 valence electrons. The molecular weight excluding hydrogens is 266 g/mol. The van der Waals surface area contributed by atoms with Crippen LogP contribution in [0.2, 0.25) is 0 Å². The van der Waals surface area contributed by atoms with E-state index in [1.807, 2.05) is 0 Å². The Morgan fingerprint density at radius 1 is 0.545 bits per heavy atom. The monoisotopic (exact) mass is 309 g/mol. The number of rotatable bonds is 17. The Morgan fingerprint density at radius 2 is 1.00 bits per heavy atom. The smallest absolute Gasteiger partial charge is 0.00190 e. The van der Waals surface area contributed by atoms with Crippen LogP contribution in [0, 0.1) is 0 Å². The van der Waals surface area contributed by atoms with Gasteiger partial charge in [0.15, 0.2) is 0 Å². The van der Waals surface area contributed by atoms with Gasteiger partial charge in [-0.05, 0) is 51.7 Å². The van der Waals surface area contributed by atoms with Gasteiger partial charge in [-0.1, -0.05) is 84.3 Å². The summed E-state index contributed by atoms with van der Waals surface area (Å²) in [5.41, 5.74) is 0. The lowest BCUT2D eigenvalue weighted by Crippen LogP contribution is -2.23. The SMILES string of the molecule is CCCCC/C=C/CCCCCCCCCCN(CC)CC. The third-order valence-corrected chi connectivity index (χ3v) is 4.63. The number of hydrogen-bond acceptors (Lipinski definition) is 1. The van der Waals surface area contributed by atoms with E-state index in [0.717, 1.165) is 0 Å². The summed E-state index contributed by atoms with van der Waals surface area (Å²) in [7, 11) is 0. The molecule has 0 radical (unpaired) electrons. The van der Waals surface area contributed by atoms with Gasteiger partial charge in [0.2, 0.25) is 0 Å². The van der Waals surface area contributed by atoms with Crippen molar-refractivity contribution in [2.24, 2.45) is 0 Å². The summed E-state index contributed by atoms with van der Waals surface area (Å²) >= 11 is 0. The van der Waals surface area contributed by atoms with E-state index in [2.05, 4.69) is 37.8 Å². The van der Waals surface area contributed by atoms with E-state index in [1.54, 1.807) is 0 Å².